The normalized spacial score (nSPS) is 11.8. The third-order valence-corrected chi connectivity index (χ3v) is 11.0. The van der Waals surface area contributed by atoms with Gasteiger partial charge in [-0.15, -0.1) is 0 Å². The molecule has 6 heteroatoms. The number of hydrogen-bond acceptors (Lipinski definition) is 6. The second-order valence-electron chi connectivity index (χ2n) is 16.3. The Kier molecular flexibility index (Phi) is 14.4. The minimum atomic E-state index is -0.364. The van der Waals surface area contributed by atoms with Crippen LogP contribution in [0.4, 0.5) is 0 Å². The average Bonchev–Trinajstić information content (AvgIpc) is 3.25. The van der Waals surface area contributed by atoms with Crippen molar-refractivity contribution >= 4 is 11.6 Å². The topological polar surface area (TPSA) is 59.1 Å². The van der Waals surface area contributed by atoms with Crippen molar-refractivity contribution in [2.75, 3.05) is 13.1 Å². The number of nitrogens with zero attached hydrogens (tertiary/aromatic N) is 2. The standard InChI is InChI=1S/C52H56N2O4/c1-51(2,53(35-41-19-9-5-10-20-41)37-49(55)45-27-17-29-47(33-45)57-39-43-23-13-7-14-24-43)31-32-52(3,4)54(36-42-21-11-6-12-22-42)38-50(56)46-28-18-30-48(34-46)58-40-44-25-15-8-16-26-44/h5-30,33-34H,31-32,35-40H2,1-4H3. The number of hydrogen-bond donors (Lipinski definition) is 0. The fraction of sp³-hybridized carbons (Fsp3) is 0.269. The zero-order valence-electron chi connectivity index (χ0n) is 34.4. The molecule has 0 aliphatic carbocycles. The minimum absolute atomic E-state index is 0.0414. The molecule has 0 amide bonds. The van der Waals surface area contributed by atoms with Crippen LogP contribution in [0, 0.1) is 0 Å². The lowest BCUT2D eigenvalue weighted by atomic mass is 9.86. The quantitative estimate of drug-likeness (QED) is 0.0679. The molecule has 0 saturated heterocycles. The smallest absolute Gasteiger partial charge is 0.176 e. The summed E-state index contributed by atoms with van der Waals surface area (Å²) in [5.74, 6) is 1.43. The van der Waals surface area contributed by atoms with E-state index < -0.39 is 0 Å². The number of ketones is 2. The van der Waals surface area contributed by atoms with Crippen molar-refractivity contribution in [1.29, 1.82) is 0 Å². The minimum Gasteiger partial charge on any atom is -0.489 e. The van der Waals surface area contributed by atoms with E-state index in [0.717, 1.165) is 35.1 Å². The van der Waals surface area contributed by atoms with Crippen LogP contribution in [0.15, 0.2) is 170 Å². The van der Waals surface area contributed by atoms with E-state index in [1.807, 2.05) is 146 Å². The van der Waals surface area contributed by atoms with Crippen LogP contribution in [0.1, 0.15) is 83.5 Å². The molecule has 6 aromatic rings. The van der Waals surface area contributed by atoms with E-state index in [1.165, 1.54) is 0 Å². The molecule has 0 N–H and O–H groups in total. The van der Waals surface area contributed by atoms with Gasteiger partial charge in [0, 0.05) is 35.3 Å². The Hall–Kier alpha value is -5.82. The predicted molar refractivity (Wildman–Crippen MR) is 234 cm³/mol. The van der Waals surface area contributed by atoms with Gasteiger partial charge in [0.15, 0.2) is 11.6 Å². The molecule has 6 aromatic carbocycles. The van der Waals surface area contributed by atoms with E-state index >= 15 is 0 Å². The van der Waals surface area contributed by atoms with E-state index in [4.69, 9.17) is 9.47 Å². The van der Waals surface area contributed by atoms with Gasteiger partial charge in [-0.05, 0) is 87.1 Å². The molecule has 298 valence electrons. The molecule has 0 radical (unpaired) electrons. The number of benzene rings is 6. The average molecular weight is 773 g/mol. The molecule has 0 aliphatic heterocycles. The van der Waals surface area contributed by atoms with Crippen molar-refractivity contribution in [3.63, 3.8) is 0 Å². The first-order valence-electron chi connectivity index (χ1n) is 20.2. The third kappa shape index (κ3) is 12.3. The molecular weight excluding hydrogens is 717 g/mol. The summed E-state index contributed by atoms with van der Waals surface area (Å²) < 4.78 is 12.2. The van der Waals surface area contributed by atoms with Gasteiger partial charge in [-0.1, -0.05) is 146 Å². The molecule has 6 nitrogen and oxygen atoms in total. The van der Waals surface area contributed by atoms with E-state index in [9.17, 15) is 9.59 Å². The van der Waals surface area contributed by atoms with Gasteiger partial charge in [-0.2, -0.15) is 0 Å². The molecule has 0 heterocycles. The summed E-state index contributed by atoms with van der Waals surface area (Å²) in [6, 6.07) is 55.8. The van der Waals surface area contributed by atoms with Crippen molar-refractivity contribution in [3.8, 4) is 11.5 Å². The second-order valence-corrected chi connectivity index (χ2v) is 16.3. The summed E-state index contributed by atoms with van der Waals surface area (Å²) in [6.45, 7) is 11.5. The highest BCUT2D eigenvalue weighted by atomic mass is 16.5. The SMILES string of the molecule is CC(C)(CCC(C)(C)N(CC(=O)c1cccc(OCc2ccccc2)c1)Cc1ccccc1)N(CC(=O)c1cccc(OCc2ccccc2)c1)Cc1ccccc1. The summed E-state index contributed by atoms with van der Waals surface area (Å²) in [5, 5.41) is 0. The van der Waals surface area contributed by atoms with Crippen LogP contribution in [0.3, 0.4) is 0 Å². The zero-order valence-corrected chi connectivity index (χ0v) is 34.4. The Bertz CT molecular complexity index is 2030. The van der Waals surface area contributed by atoms with Crippen LogP contribution < -0.4 is 9.47 Å². The number of rotatable bonds is 21. The Morgan fingerprint density at radius 1 is 0.431 bits per heavy atom. The number of carbonyl (C=O) groups excluding carboxylic acids is 2. The maximum absolute atomic E-state index is 14.1. The Morgan fingerprint density at radius 2 is 0.759 bits per heavy atom. The highest BCUT2D eigenvalue weighted by molar-refractivity contribution is 5.98. The first-order chi connectivity index (χ1) is 28.0. The molecule has 0 bridgehead atoms. The lowest BCUT2D eigenvalue weighted by Crippen LogP contribution is -2.50. The van der Waals surface area contributed by atoms with Gasteiger partial charge in [-0.3, -0.25) is 19.4 Å². The molecule has 58 heavy (non-hydrogen) atoms. The van der Waals surface area contributed by atoms with Gasteiger partial charge in [0.25, 0.3) is 0 Å². The molecular formula is C52H56N2O4. The van der Waals surface area contributed by atoms with Gasteiger partial charge in [0.05, 0.1) is 13.1 Å². The Morgan fingerprint density at radius 3 is 1.10 bits per heavy atom. The number of ether oxygens (including phenoxy) is 2. The van der Waals surface area contributed by atoms with Gasteiger partial charge < -0.3 is 9.47 Å². The van der Waals surface area contributed by atoms with Crippen LogP contribution in [0.2, 0.25) is 0 Å². The second kappa shape index (κ2) is 20.0. The molecule has 0 spiro atoms. The third-order valence-electron chi connectivity index (χ3n) is 11.0. The predicted octanol–water partition coefficient (Wildman–Crippen LogP) is 11.3. The van der Waals surface area contributed by atoms with Crippen molar-refractivity contribution in [2.45, 2.75) is 77.9 Å². The molecule has 0 atom stereocenters. The summed E-state index contributed by atoms with van der Waals surface area (Å²) in [5.41, 5.74) is 4.96. The fourth-order valence-electron chi connectivity index (χ4n) is 7.03. The van der Waals surface area contributed by atoms with Crippen LogP contribution in [-0.2, 0) is 26.3 Å². The van der Waals surface area contributed by atoms with Crippen molar-refractivity contribution in [3.05, 3.63) is 203 Å². The lowest BCUT2D eigenvalue weighted by Gasteiger charge is -2.44. The summed E-state index contributed by atoms with van der Waals surface area (Å²) in [4.78, 5) is 32.7. The first kappa shape index (κ1) is 41.8. The van der Waals surface area contributed by atoms with Crippen LogP contribution >= 0.6 is 0 Å². The van der Waals surface area contributed by atoms with Crippen molar-refractivity contribution < 1.29 is 19.1 Å². The summed E-state index contributed by atoms with van der Waals surface area (Å²) >= 11 is 0. The van der Waals surface area contributed by atoms with Crippen molar-refractivity contribution in [2.24, 2.45) is 0 Å². The Labute approximate surface area is 345 Å². The molecule has 0 unspecified atom stereocenters. The number of Topliss-reactive ketones (excluding diaryl/α,β-unsaturated/α-hetero) is 2. The van der Waals surface area contributed by atoms with Gasteiger partial charge in [-0.25, -0.2) is 0 Å². The molecule has 0 fully saturated rings. The van der Waals surface area contributed by atoms with E-state index in [1.54, 1.807) is 0 Å². The van der Waals surface area contributed by atoms with E-state index in [0.29, 0.717) is 48.9 Å². The van der Waals surface area contributed by atoms with Gasteiger partial charge >= 0.3 is 0 Å². The van der Waals surface area contributed by atoms with Gasteiger partial charge in [0.1, 0.15) is 24.7 Å². The lowest BCUT2D eigenvalue weighted by molar-refractivity contribution is 0.0491. The fourth-order valence-corrected chi connectivity index (χ4v) is 7.03. The zero-order chi connectivity index (χ0) is 40.8. The monoisotopic (exact) mass is 772 g/mol. The molecule has 0 saturated carbocycles. The Balaban J connectivity index is 1.17. The molecule has 6 rings (SSSR count). The first-order valence-corrected chi connectivity index (χ1v) is 20.2. The highest BCUT2D eigenvalue weighted by Crippen LogP contribution is 2.32. The van der Waals surface area contributed by atoms with Gasteiger partial charge in [0.2, 0.25) is 0 Å². The van der Waals surface area contributed by atoms with Crippen molar-refractivity contribution in [1.82, 2.24) is 9.80 Å². The molecule has 0 aromatic heterocycles. The van der Waals surface area contributed by atoms with Crippen LogP contribution in [0.25, 0.3) is 0 Å². The van der Waals surface area contributed by atoms with E-state index in [2.05, 4.69) is 61.8 Å². The van der Waals surface area contributed by atoms with Crippen LogP contribution in [-0.4, -0.2) is 45.5 Å². The molecule has 0 aliphatic rings. The highest BCUT2D eigenvalue weighted by Gasteiger charge is 2.35. The maximum atomic E-state index is 14.1. The summed E-state index contributed by atoms with van der Waals surface area (Å²) in [7, 11) is 0. The largest absolute Gasteiger partial charge is 0.489 e. The maximum Gasteiger partial charge on any atom is 0.176 e. The van der Waals surface area contributed by atoms with E-state index in [-0.39, 0.29) is 35.7 Å². The summed E-state index contributed by atoms with van der Waals surface area (Å²) in [6.07, 6.45) is 1.59. The number of carbonyl (C=O) groups is 2. The van der Waals surface area contributed by atoms with Crippen LogP contribution in [0.5, 0.6) is 11.5 Å².